The number of rotatable bonds is 2. The Morgan fingerprint density at radius 1 is 1.55 bits per heavy atom. The van der Waals surface area contributed by atoms with E-state index in [1.54, 1.807) is 12.1 Å². The average Bonchev–Trinajstić information content (AvgIpc) is 2.05. The topological polar surface area (TPSA) is 22.1 Å². The monoisotopic (exact) mass is 155 g/mol. The van der Waals surface area contributed by atoms with Gasteiger partial charge in [-0.15, -0.1) is 0 Å². The molecule has 1 aromatic heterocycles. The number of methoxy groups -OCH3 is 1. The summed E-state index contributed by atoms with van der Waals surface area (Å²) in [5.74, 6) is 0.509. The van der Waals surface area contributed by atoms with Gasteiger partial charge in [0.15, 0.2) is 0 Å². The van der Waals surface area contributed by atoms with Gasteiger partial charge in [0.25, 0.3) is 0 Å². The Balaban J connectivity index is 2.83. The summed E-state index contributed by atoms with van der Waals surface area (Å²) in [5.41, 5.74) is 0.575. The number of ether oxygens (including phenoxy) is 1. The SMILES string of the molecule is COc1ccc(C(C)F)cn1. The first-order chi connectivity index (χ1) is 5.24. The van der Waals surface area contributed by atoms with Crippen molar-refractivity contribution in [2.24, 2.45) is 0 Å². The number of pyridine rings is 1. The van der Waals surface area contributed by atoms with Gasteiger partial charge >= 0.3 is 0 Å². The van der Waals surface area contributed by atoms with Crippen LogP contribution < -0.4 is 4.74 Å². The summed E-state index contributed by atoms with van der Waals surface area (Å²) in [5, 5.41) is 0. The minimum atomic E-state index is -0.964. The van der Waals surface area contributed by atoms with Crippen LogP contribution in [0.1, 0.15) is 18.7 Å². The molecule has 0 amide bonds. The number of aromatic nitrogens is 1. The number of alkyl halides is 1. The van der Waals surface area contributed by atoms with E-state index >= 15 is 0 Å². The highest BCUT2D eigenvalue weighted by Gasteiger charge is 2.02. The molecule has 1 atom stereocenters. The number of nitrogens with zero attached hydrogens (tertiary/aromatic N) is 1. The maximum atomic E-state index is 12.6. The van der Waals surface area contributed by atoms with E-state index in [0.717, 1.165) is 0 Å². The maximum Gasteiger partial charge on any atom is 0.212 e. The van der Waals surface area contributed by atoms with Crippen LogP contribution >= 0.6 is 0 Å². The third kappa shape index (κ3) is 1.90. The van der Waals surface area contributed by atoms with Gasteiger partial charge in [-0.3, -0.25) is 0 Å². The van der Waals surface area contributed by atoms with Crippen molar-refractivity contribution in [3.05, 3.63) is 23.9 Å². The third-order valence-corrected chi connectivity index (χ3v) is 1.43. The summed E-state index contributed by atoms with van der Waals surface area (Å²) in [6, 6.07) is 3.31. The second-order valence-electron chi connectivity index (χ2n) is 2.25. The van der Waals surface area contributed by atoms with Gasteiger partial charge < -0.3 is 4.74 Å². The lowest BCUT2D eigenvalue weighted by molar-refractivity contribution is 0.369. The van der Waals surface area contributed by atoms with E-state index in [1.165, 1.54) is 20.2 Å². The van der Waals surface area contributed by atoms with E-state index in [9.17, 15) is 4.39 Å². The zero-order valence-electron chi connectivity index (χ0n) is 6.54. The molecule has 0 fully saturated rings. The molecule has 60 valence electrons. The second kappa shape index (κ2) is 3.32. The summed E-state index contributed by atoms with van der Waals surface area (Å²) in [7, 11) is 1.53. The lowest BCUT2D eigenvalue weighted by atomic mass is 10.2. The Morgan fingerprint density at radius 2 is 2.27 bits per heavy atom. The minimum Gasteiger partial charge on any atom is -0.481 e. The molecule has 0 N–H and O–H groups in total. The molecule has 0 aliphatic heterocycles. The normalized spacial score (nSPS) is 12.6. The van der Waals surface area contributed by atoms with E-state index in [4.69, 9.17) is 4.74 Å². The van der Waals surface area contributed by atoms with Crippen molar-refractivity contribution in [1.82, 2.24) is 4.98 Å². The predicted molar refractivity (Wildman–Crippen MR) is 40.3 cm³/mol. The summed E-state index contributed by atoms with van der Waals surface area (Å²) < 4.78 is 17.4. The van der Waals surface area contributed by atoms with Crippen LogP contribution in [-0.4, -0.2) is 12.1 Å². The summed E-state index contributed by atoms with van der Waals surface area (Å²) >= 11 is 0. The van der Waals surface area contributed by atoms with Gasteiger partial charge in [-0.1, -0.05) is 0 Å². The minimum absolute atomic E-state index is 0.509. The molecule has 2 nitrogen and oxygen atoms in total. The van der Waals surface area contributed by atoms with Crippen molar-refractivity contribution < 1.29 is 9.13 Å². The highest BCUT2D eigenvalue weighted by atomic mass is 19.1. The maximum absolute atomic E-state index is 12.6. The van der Waals surface area contributed by atoms with Crippen molar-refractivity contribution in [2.45, 2.75) is 13.1 Å². The van der Waals surface area contributed by atoms with Crippen molar-refractivity contribution in [1.29, 1.82) is 0 Å². The molecule has 0 saturated carbocycles. The molecule has 0 aliphatic rings. The predicted octanol–water partition coefficient (Wildman–Crippen LogP) is 2.12. The van der Waals surface area contributed by atoms with Gasteiger partial charge in [0.2, 0.25) is 5.88 Å². The average molecular weight is 155 g/mol. The zero-order valence-corrected chi connectivity index (χ0v) is 6.54. The van der Waals surface area contributed by atoms with Gasteiger partial charge in [0, 0.05) is 17.8 Å². The molecule has 1 heterocycles. The van der Waals surface area contributed by atoms with E-state index in [1.807, 2.05) is 0 Å². The van der Waals surface area contributed by atoms with Crippen LogP contribution in [0.15, 0.2) is 18.3 Å². The molecule has 1 unspecified atom stereocenters. The Morgan fingerprint density at radius 3 is 2.64 bits per heavy atom. The molecular formula is C8H10FNO. The number of hydrogen-bond donors (Lipinski definition) is 0. The molecular weight excluding hydrogens is 145 g/mol. The first-order valence-electron chi connectivity index (χ1n) is 3.38. The van der Waals surface area contributed by atoms with Gasteiger partial charge in [0.05, 0.1) is 7.11 Å². The van der Waals surface area contributed by atoms with Crippen molar-refractivity contribution >= 4 is 0 Å². The highest BCUT2D eigenvalue weighted by molar-refractivity contribution is 5.19. The lowest BCUT2D eigenvalue weighted by Gasteiger charge is -2.01. The van der Waals surface area contributed by atoms with Crippen LogP contribution in [0.25, 0.3) is 0 Å². The smallest absolute Gasteiger partial charge is 0.212 e. The van der Waals surface area contributed by atoms with Crippen LogP contribution in [-0.2, 0) is 0 Å². The van der Waals surface area contributed by atoms with Crippen LogP contribution in [0.3, 0.4) is 0 Å². The molecule has 0 aliphatic carbocycles. The van der Waals surface area contributed by atoms with Gasteiger partial charge in [-0.2, -0.15) is 0 Å². The van der Waals surface area contributed by atoms with Crippen LogP contribution in [0.4, 0.5) is 4.39 Å². The molecule has 1 rings (SSSR count). The largest absolute Gasteiger partial charge is 0.481 e. The molecule has 11 heavy (non-hydrogen) atoms. The molecule has 0 aromatic carbocycles. The molecule has 0 saturated heterocycles. The van der Waals surface area contributed by atoms with Crippen LogP contribution in [0.2, 0.25) is 0 Å². The highest BCUT2D eigenvalue weighted by Crippen LogP contribution is 2.16. The Bertz CT molecular complexity index is 220. The van der Waals surface area contributed by atoms with Crippen molar-refractivity contribution in [3.63, 3.8) is 0 Å². The fourth-order valence-electron chi connectivity index (χ4n) is 0.748. The number of hydrogen-bond acceptors (Lipinski definition) is 2. The quantitative estimate of drug-likeness (QED) is 0.652. The van der Waals surface area contributed by atoms with E-state index in [-0.39, 0.29) is 0 Å². The summed E-state index contributed by atoms with van der Waals surface area (Å²) in [6.07, 6.45) is 0.511. The van der Waals surface area contributed by atoms with Crippen molar-refractivity contribution in [2.75, 3.05) is 7.11 Å². The third-order valence-electron chi connectivity index (χ3n) is 1.43. The molecule has 0 bridgehead atoms. The van der Waals surface area contributed by atoms with Gasteiger partial charge in [-0.25, -0.2) is 9.37 Å². The Hall–Kier alpha value is -1.12. The van der Waals surface area contributed by atoms with E-state index < -0.39 is 6.17 Å². The zero-order chi connectivity index (χ0) is 8.27. The molecule has 0 spiro atoms. The van der Waals surface area contributed by atoms with Crippen molar-refractivity contribution in [3.8, 4) is 5.88 Å². The van der Waals surface area contributed by atoms with Crippen LogP contribution in [0.5, 0.6) is 5.88 Å². The van der Waals surface area contributed by atoms with Crippen LogP contribution in [0, 0.1) is 0 Å². The first kappa shape index (κ1) is 7.98. The molecule has 0 radical (unpaired) electrons. The first-order valence-corrected chi connectivity index (χ1v) is 3.38. The fraction of sp³-hybridized carbons (Fsp3) is 0.375. The summed E-state index contributed by atoms with van der Waals surface area (Å²) in [4.78, 5) is 3.86. The van der Waals surface area contributed by atoms with Gasteiger partial charge in [-0.05, 0) is 13.0 Å². The van der Waals surface area contributed by atoms with Gasteiger partial charge in [0.1, 0.15) is 6.17 Å². The molecule has 1 aromatic rings. The lowest BCUT2D eigenvalue weighted by Crippen LogP contribution is -1.90. The van der Waals surface area contributed by atoms with E-state index in [0.29, 0.717) is 11.4 Å². The Kier molecular flexibility index (Phi) is 2.41. The number of halogens is 1. The second-order valence-corrected chi connectivity index (χ2v) is 2.25. The standard InChI is InChI=1S/C8H10FNO/c1-6(9)7-3-4-8(11-2)10-5-7/h3-6H,1-2H3. The molecule has 3 heteroatoms. The summed E-state index contributed by atoms with van der Waals surface area (Å²) in [6.45, 7) is 1.48. The van der Waals surface area contributed by atoms with E-state index in [2.05, 4.69) is 4.98 Å². The fourth-order valence-corrected chi connectivity index (χ4v) is 0.748. The Labute approximate surface area is 65.0 Å².